The van der Waals surface area contributed by atoms with Crippen molar-refractivity contribution in [3.63, 3.8) is 0 Å². The third-order valence-corrected chi connectivity index (χ3v) is 5.13. The number of carbonyl (C=O) groups excluding carboxylic acids is 1. The number of nitrogens with one attached hydrogen (secondary N) is 1. The summed E-state index contributed by atoms with van der Waals surface area (Å²) in [5.74, 6) is -0.326. The molecule has 1 amide bonds. The van der Waals surface area contributed by atoms with Crippen LogP contribution in [0.15, 0.2) is 41.3 Å². The molecular formula is C18H22N2O3S. The molecule has 2 aromatic carbocycles. The number of hydrogen-bond donors (Lipinski definition) is 2. The van der Waals surface area contributed by atoms with Gasteiger partial charge in [-0.2, -0.15) is 0 Å². The molecule has 0 fully saturated rings. The average Bonchev–Trinajstić information content (AvgIpc) is 2.45. The first-order chi connectivity index (χ1) is 11.1. The zero-order valence-electron chi connectivity index (χ0n) is 14.3. The maximum atomic E-state index is 12.6. The number of primary sulfonamides is 1. The van der Waals surface area contributed by atoms with E-state index < -0.39 is 10.0 Å². The van der Waals surface area contributed by atoms with Crippen molar-refractivity contribution in [1.29, 1.82) is 0 Å². The van der Waals surface area contributed by atoms with Crippen LogP contribution in [0.4, 0.5) is 0 Å². The molecule has 0 aliphatic rings. The van der Waals surface area contributed by atoms with Gasteiger partial charge in [0, 0.05) is 5.56 Å². The SMILES string of the molecule is Cc1cc(C)c(S(N)(=O)=O)cc1C(=O)N[C@H](C)c1ccccc1C. The Bertz CT molecular complexity index is 889. The lowest BCUT2D eigenvalue weighted by Crippen LogP contribution is -2.28. The Morgan fingerprint density at radius 3 is 2.25 bits per heavy atom. The molecule has 0 aromatic heterocycles. The van der Waals surface area contributed by atoms with E-state index in [0.29, 0.717) is 16.7 Å². The molecule has 5 nitrogen and oxygen atoms in total. The van der Waals surface area contributed by atoms with Crippen LogP contribution >= 0.6 is 0 Å². The molecule has 2 rings (SSSR count). The van der Waals surface area contributed by atoms with Gasteiger partial charge in [-0.05, 0) is 56.0 Å². The van der Waals surface area contributed by atoms with Crippen molar-refractivity contribution >= 4 is 15.9 Å². The normalized spacial score (nSPS) is 12.7. The van der Waals surface area contributed by atoms with E-state index in [1.165, 1.54) is 6.07 Å². The standard InChI is InChI=1S/C18H22N2O3S/c1-11-7-5-6-8-15(11)14(4)20-18(21)16-10-17(24(19,22)23)13(3)9-12(16)2/h5-10,14H,1-4H3,(H,20,21)(H2,19,22,23)/t14-/m1/s1. The minimum absolute atomic E-state index is 0.0261. The number of amides is 1. The first-order valence-electron chi connectivity index (χ1n) is 7.61. The predicted octanol–water partition coefficient (Wildman–Crippen LogP) is 2.75. The second kappa shape index (κ2) is 6.75. The lowest BCUT2D eigenvalue weighted by molar-refractivity contribution is 0.0939. The van der Waals surface area contributed by atoms with Crippen LogP contribution in [-0.4, -0.2) is 14.3 Å². The highest BCUT2D eigenvalue weighted by Crippen LogP contribution is 2.22. The van der Waals surface area contributed by atoms with Gasteiger partial charge in [-0.1, -0.05) is 30.3 Å². The van der Waals surface area contributed by atoms with Crippen molar-refractivity contribution in [2.45, 2.75) is 38.6 Å². The molecule has 24 heavy (non-hydrogen) atoms. The molecule has 0 unspecified atom stereocenters. The van der Waals surface area contributed by atoms with Gasteiger partial charge < -0.3 is 5.32 Å². The molecular weight excluding hydrogens is 324 g/mol. The Balaban J connectivity index is 2.35. The monoisotopic (exact) mass is 346 g/mol. The fraction of sp³-hybridized carbons (Fsp3) is 0.278. The van der Waals surface area contributed by atoms with E-state index in [1.54, 1.807) is 19.9 Å². The summed E-state index contributed by atoms with van der Waals surface area (Å²) in [7, 11) is -3.87. The molecule has 0 bridgehead atoms. The maximum Gasteiger partial charge on any atom is 0.252 e. The van der Waals surface area contributed by atoms with Crippen LogP contribution in [0.5, 0.6) is 0 Å². The number of rotatable bonds is 4. The largest absolute Gasteiger partial charge is 0.345 e. The Morgan fingerprint density at radius 2 is 1.67 bits per heavy atom. The zero-order valence-corrected chi connectivity index (χ0v) is 15.1. The highest BCUT2D eigenvalue weighted by atomic mass is 32.2. The third kappa shape index (κ3) is 3.83. The highest BCUT2D eigenvalue weighted by molar-refractivity contribution is 7.89. The molecule has 3 N–H and O–H groups in total. The lowest BCUT2D eigenvalue weighted by Gasteiger charge is -2.18. The van der Waals surface area contributed by atoms with Gasteiger partial charge >= 0.3 is 0 Å². The number of aryl methyl sites for hydroxylation is 3. The Labute approximate surface area is 142 Å². The van der Waals surface area contributed by atoms with Gasteiger partial charge in [-0.25, -0.2) is 13.6 Å². The second-order valence-corrected chi connectivity index (χ2v) is 7.56. The van der Waals surface area contributed by atoms with Crippen molar-refractivity contribution in [1.82, 2.24) is 5.32 Å². The molecule has 0 spiro atoms. The van der Waals surface area contributed by atoms with Crippen LogP contribution in [0.3, 0.4) is 0 Å². The first kappa shape index (κ1) is 18.2. The van der Waals surface area contributed by atoms with Gasteiger partial charge in [-0.3, -0.25) is 4.79 Å². The van der Waals surface area contributed by atoms with Crippen LogP contribution in [-0.2, 0) is 10.0 Å². The van der Waals surface area contributed by atoms with E-state index in [2.05, 4.69) is 5.32 Å². The van der Waals surface area contributed by atoms with Gasteiger partial charge in [-0.15, -0.1) is 0 Å². The summed E-state index contributed by atoms with van der Waals surface area (Å²) >= 11 is 0. The smallest absolute Gasteiger partial charge is 0.252 e. The quantitative estimate of drug-likeness (QED) is 0.892. The molecule has 0 aliphatic carbocycles. The molecule has 0 saturated heterocycles. The van der Waals surface area contributed by atoms with Crippen LogP contribution in [0.2, 0.25) is 0 Å². The van der Waals surface area contributed by atoms with Gasteiger partial charge in [0.05, 0.1) is 10.9 Å². The van der Waals surface area contributed by atoms with Gasteiger partial charge in [0.1, 0.15) is 0 Å². The van der Waals surface area contributed by atoms with E-state index in [4.69, 9.17) is 5.14 Å². The van der Waals surface area contributed by atoms with Crippen LogP contribution in [0.25, 0.3) is 0 Å². The molecule has 0 radical (unpaired) electrons. The predicted molar refractivity (Wildman–Crippen MR) is 94.3 cm³/mol. The van der Waals surface area contributed by atoms with Crippen LogP contribution < -0.4 is 10.5 Å². The summed E-state index contributed by atoms with van der Waals surface area (Å²) in [6.45, 7) is 7.30. The second-order valence-electron chi connectivity index (χ2n) is 6.03. The van der Waals surface area contributed by atoms with Crippen LogP contribution in [0, 0.1) is 20.8 Å². The van der Waals surface area contributed by atoms with Gasteiger partial charge in [0.25, 0.3) is 5.91 Å². The fourth-order valence-corrected chi connectivity index (χ4v) is 3.60. The summed E-state index contributed by atoms with van der Waals surface area (Å²) in [5.41, 5.74) is 3.64. The van der Waals surface area contributed by atoms with Crippen molar-refractivity contribution in [2.75, 3.05) is 0 Å². The molecule has 128 valence electrons. The van der Waals surface area contributed by atoms with Crippen molar-refractivity contribution in [2.24, 2.45) is 5.14 Å². The van der Waals surface area contributed by atoms with Crippen molar-refractivity contribution in [3.8, 4) is 0 Å². The molecule has 0 heterocycles. The van der Waals surface area contributed by atoms with E-state index >= 15 is 0 Å². The number of hydrogen-bond acceptors (Lipinski definition) is 3. The Hall–Kier alpha value is -2.18. The number of nitrogens with two attached hydrogens (primary N) is 1. The highest BCUT2D eigenvalue weighted by Gasteiger charge is 2.19. The van der Waals surface area contributed by atoms with Gasteiger partial charge in [0.2, 0.25) is 10.0 Å². The minimum atomic E-state index is -3.87. The molecule has 0 aliphatic heterocycles. The van der Waals surface area contributed by atoms with Crippen LogP contribution in [0.1, 0.15) is 45.6 Å². The zero-order chi connectivity index (χ0) is 18.1. The lowest BCUT2D eigenvalue weighted by atomic mass is 10.0. The average molecular weight is 346 g/mol. The number of benzene rings is 2. The van der Waals surface area contributed by atoms with E-state index in [9.17, 15) is 13.2 Å². The summed E-state index contributed by atoms with van der Waals surface area (Å²) in [4.78, 5) is 12.6. The van der Waals surface area contributed by atoms with Crippen molar-refractivity contribution < 1.29 is 13.2 Å². The third-order valence-electron chi connectivity index (χ3n) is 4.08. The fourth-order valence-electron chi connectivity index (χ4n) is 2.81. The van der Waals surface area contributed by atoms with Gasteiger partial charge in [0.15, 0.2) is 0 Å². The summed E-state index contributed by atoms with van der Waals surface area (Å²) < 4.78 is 23.3. The molecule has 0 saturated carbocycles. The minimum Gasteiger partial charge on any atom is -0.345 e. The van der Waals surface area contributed by atoms with E-state index in [0.717, 1.165) is 11.1 Å². The molecule has 6 heteroatoms. The van der Waals surface area contributed by atoms with E-state index in [1.807, 2.05) is 38.1 Å². The summed E-state index contributed by atoms with van der Waals surface area (Å²) in [6, 6.07) is 10.6. The molecule has 2 aromatic rings. The number of carbonyl (C=O) groups is 1. The molecule has 1 atom stereocenters. The number of sulfonamides is 1. The summed E-state index contributed by atoms with van der Waals surface area (Å²) in [6.07, 6.45) is 0. The maximum absolute atomic E-state index is 12.6. The Morgan fingerprint density at radius 1 is 1.04 bits per heavy atom. The first-order valence-corrected chi connectivity index (χ1v) is 9.16. The Kier molecular flexibility index (Phi) is 5.11. The van der Waals surface area contributed by atoms with E-state index in [-0.39, 0.29) is 16.8 Å². The van der Waals surface area contributed by atoms with Crippen molar-refractivity contribution in [3.05, 3.63) is 64.2 Å². The summed E-state index contributed by atoms with van der Waals surface area (Å²) in [5, 5.41) is 8.15. The topological polar surface area (TPSA) is 89.3 Å².